The van der Waals surface area contributed by atoms with Gasteiger partial charge in [0.2, 0.25) is 5.91 Å². The Hall–Kier alpha value is -1.24. The number of anilines is 1. The number of thiocarbonyl (C=S) groups is 1. The van der Waals surface area contributed by atoms with E-state index in [0.29, 0.717) is 11.3 Å². The summed E-state index contributed by atoms with van der Waals surface area (Å²) in [5, 5.41) is 2.85. The van der Waals surface area contributed by atoms with Gasteiger partial charge in [-0.2, -0.15) is 0 Å². The van der Waals surface area contributed by atoms with Crippen LogP contribution in [0.15, 0.2) is 51.4 Å². The van der Waals surface area contributed by atoms with E-state index in [0.717, 1.165) is 14.5 Å². The second-order valence-corrected chi connectivity index (χ2v) is 6.68. The summed E-state index contributed by atoms with van der Waals surface area (Å²) in [5.74, 6) is -0.118. The van der Waals surface area contributed by atoms with Crippen molar-refractivity contribution in [3.8, 4) is 0 Å². The molecule has 0 aliphatic rings. The van der Waals surface area contributed by atoms with Crippen LogP contribution in [0.2, 0.25) is 0 Å². The van der Waals surface area contributed by atoms with Crippen LogP contribution in [-0.2, 0) is 11.2 Å². The molecule has 2 aromatic rings. The third-order valence-electron chi connectivity index (χ3n) is 2.80. The quantitative estimate of drug-likeness (QED) is 0.724. The van der Waals surface area contributed by atoms with Crippen LogP contribution in [0, 0.1) is 0 Å². The average Bonchev–Trinajstić information content (AvgIpc) is 2.41. The Kier molecular flexibility index (Phi) is 5.50. The lowest BCUT2D eigenvalue weighted by Gasteiger charge is -2.11. The third kappa shape index (κ3) is 4.62. The van der Waals surface area contributed by atoms with Gasteiger partial charge in [-0.25, -0.2) is 0 Å². The Labute approximate surface area is 145 Å². The molecule has 108 valence electrons. The number of amides is 1. The summed E-state index contributed by atoms with van der Waals surface area (Å²) in [6.45, 7) is 0. The smallest absolute Gasteiger partial charge is 0.228 e. The van der Waals surface area contributed by atoms with E-state index in [1.165, 1.54) is 0 Å². The van der Waals surface area contributed by atoms with Gasteiger partial charge in [0.05, 0.1) is 12.1 Å². The van der Waals surface area contributed by atoms with Gasteiger partial charge in [0.15, 0.2) is 0 Å². The van der Waals surface area contributed by atoms with Crippen molar-refractivity contribution in [3.05, 3.63) is 62.5 Å². The van der Waals surface area contributed by atoms with Crippen molar-refractivity contribution >= 4 is 60.7 Å². The lowest BCUT2D eigenvalue weighted by Crippen LogP contribution is -2.19. The van der Waals surface area contributed by atoms with E-state index >= 15 is 0 Å². The number of carbonyl (C=O) groups is 1. The SMILES string of the molecule is NC(=S)c1ccc(Br)cc1NC(=O)Cc1ccc(Br)cc1. The van der Waals surface area contributed by atoms with Gasteiger partial charge in [-0.15, -0.1) is 0 Å². The van der Waals surface area contributed by atoms with Crippen molar-refractivity contribution in [1.82, 2.24) is 0 Å². The summed E-state index contributed by atoms with van der Waals surface area (Å²) < 4.78 is 1.83. The van der Waals surface area contributed by atoms with Crippen LogP contribution < -0.4 is 11.1 Å². The lowest BCUT2D eigenvalue weighted by molar-refractivity contribution is -0.115. The van der Waals surface area contributed by atoms with Crippen LogP contribution in [-0.4, -0.2) is 10.9 Å². The lowest BCUT2D eigenvalue weighted by atomic mass is 10.1. The Balaban J connectivity index is 2.14. The zero-order chi connectivity index (χ0) is 15.4. The molecule has 2 rings (SSSR count). The molecule has 21 heavy (non-hydrogen) atoms. The molecule has 6 heteroatoms. The van der Waals surface area contributed by atoms with E-state index < -0.39 is 0 Å². The predicted octanol–water partition coefficient (Wildman–Crippen LogP) is 4.03. The van der Waals surface area contributed by atoms with Crippen LogP contribution in [0.25, 0.3) is 0 Å². The zero-order valence-corrected chi connectivity index (χ0v) is 14.9. The highest BCUT2D eigenvalue weighted by Gasteiger charge is 2.10. The van der Waals surface area contributed by atoms with Crippen molar-refractivity contribution in [2.75, 3.05) is 5.32 Å². The highest BCUT2D eigenvalue weighted by molar-refractivity contribution is 9.10. The standard InChI is InChI=1S/C15H12Br2N2OS/c16-10-3-1-9(2-4-10)7-14(20)19-13-8-11(17)5-6-12(13)15(18)21/h1-6,8H,7H2,(H2,18,21)(H,19,20). The Morgan fingerprint density at radius 1 is 1.10 bits per heavy atom. The minimum absolute atomic E-state index is 0.118. The molecule has 0 aliphatic carbocycles. The van der Waals surface area contributed by atoms with Gasteiger partial charge in [0.25, 0.3) is 0 Å². The summed E-state index contributed by atoms with van der Waals surface area (Å²) in [6.07, 6.45) is 0.288. The molecule has 3 nitrogen and oxygen atoms in total. The molecule has 0 aliphatic heterocycles. The van der Waals surface area contributed by atoms with Crippen molar-refractivity contribution in [2.45, 2.75) is 6.42 Å². The van der Waals surface area contributed by atoms with E-state index in [4.69, 9.17) is 18.0 Å². The molecule has 0 aromatic heterocycles. The average molecular weight is 428 g/mol. The maximum Gasteiger partial charge on any atom is 0.228 e. The van der Waals surface area contributed by atoms with Crippen LogP contribution in [0.4, 0.5) is 5.69 Å². The van der Waals surface area contributed by atoms with E-state index in [1.807, 2.05) is 30.3 Å². The highest BCUT2D eigenvalue weighted by Crippen LogP contribution is 2.22. The van der Waals surface area contributed by atoms with Crippen LogP contribution >= 0.6 is 44.1 Å². The highest BCUT2D eigenvalue weighted by atomic mass is 79.9. The molecule has 0 fully saturated rings. The van der Waals surface area contributed by atoms with Crippen LogP contribution in [0.5, 0.6) is 0 Å². The summed E-state index contributed by atoms with van der Waals surface area (Å²) in [5.41, 5.74) is 7.86. The first-order valence-electron chi connectivity index (χ1n) is 6.09. The van der Waals surface area contributed by atoms with Crippen LogP contribution in [0.3, 0.4) is 0 Å². The summed E-state index contributed by atoms with van der Waals surface area (Å²) >= 11 is 11.7. The fourth-order valence-electron chi connectivity index (χ4n) is 1.82. The summed E-state index contributed by atoms with van der Waals surface area (Å²) in [6, 6.07) is 13.0. The zero-order valence-electron chi connectivity index (χ0n) is 10.9. The van der Waals surface area contributed by atoms with Gasteiger partial charge in [-0.1, -0.05) is 56.2 Å². The molecule has 0 radical (unpaired) electrons. The van der Waals surface area contributed by atoms with Crippen LogP contribution in [0.1, 0.15) is 11.1 Å². The first-order chi connectivity index (χ1) is 9.95. The molecule has 0 saturated heterocycles. The summed E-state index contributed by atoms with van der Waals surface area (Å²) in [7, 11) is 0. The normalized spacial score (nSPS) is 10.2. The number of nitrogens with two attached hydrogens (primary N) is 1. The van der Waals surface area contributed by atoms with Gasteiger partial charge >= 0.3 is 0 Å². The van der Waals surface area contributed by atoms with Crippen molar-refractivity contribution in [3.63, 3.8) is 0 Å². The Morgan fingerprint density at radius 2 is 1.71 bits per heavy atom. The maximum absolute atomic E-state index is 12.1. The molecule has 0 atom stereocenters. The number of carbonyl (C=O) groups excluding carboxylic acids is 1. The van der Waals surface area contributed by atoms with Gasteiger partial charge < -0.3 is 11.1 Å². The first kappa shape index (κ1) is 16.1. The molecule has 0 unspecified atom stereocenters. The number of nitrogens with one attached hydrogen (secondary N) is 1. The van der Waals surface area contributed by atoms with Crippen molar-refractivity contribution in [1.29, 1.82) is 0 Å². The predicted molar refractivity (Wildman–Crippen MR) is 96.5 cm³/mol. The minimum Gasteiger partial charge on any atom is -0.389 e. The van der Waals surface area contributed by atoms with Gasteiger partial charge in [-0.05, 0) is 35.9 Å². The second-order valence-electron chi connectivity index (χ2n) is 4.41. The molecule has 2 aromatic carbocycles. The third-order valence-corrected chi connectivity index (χ3v) is 4.04. The number of rotatable bonds is 4. The fourth-order valence-corrected chi connectivity index (χ4v) is 2.62. The van der Waals surface area contributed by atoms with Crippen molar-refractivity contribution in [2.24, 2.45) is 5.73 Å². The van der Waals surface area contributed by atoms with E-state index in [2.05, 4.69) is 37.2 Å². The molecular weight excluding hydrogens is 416 g/mol. The molecule has 0 saturated carbocycles. The van der Waals surface area contributed by atoms with E-state index in [-0.39, 0.29) is 17.3 Å². The maximum atomic E-state index is 12.1. The van der Waals surface area contributed by atoms with Crippen molar-refractivity contribution < 1.29 is 4.79 Å². The molecule has 0 spiro atoms. The fraction of sp³-hybridized carbons (Fsp3) is 0.0667. The summed E-state index contributed by atoms with van der Waals surface area (Å²) in [4.78, 5) is 12.4. The Bertz CT molecular complexity index is 687. The largest absolute Gasteiger partial charge is 0.389 e. The Morgan fingerprint density at radius 3 is 2.33 bits per heavy atom. The number of benzene rings is 2. The molecule has 3 N–H and O–H groups in total. The molecular formula is C15H12Br2N2OS. The second kappa shape index (κ2) is 7.15. The first-order valence-corrected chi connectivity index (χ1v) is 8.09. The van der Waals surface area contributed by atoms with Gasteiger partial charge in [0.1, 0.15) is 4.99 Å². The number of halogens is 2. The van der Waals surface area contributed by atoms with E-state index in [1.54, 1.807) is 12.1 Å². The minimum atomic E-state index is -0.118. The molecule has 0 bridgehead atoms. The van der Waals surface area contributed by atoms with Gasteiger partial charge in [0, 0.05) is 14.5 Å². The number of hydrogen-bond acceptors (Lipinski definition) is 2. The number of hydrogen-bond donors (Lipinski definition) is 2. The molecule has 1 amide bonds. The monoisotopic (exact) mass is 426 g/mol. The van der Waals surface area contributed by atoms with Gasteiger partial charge in [-0.3, -0.25) is 4.79 Å². The topological polar surface area (TPSA) is 55.1 Å². The molecule has 0 heterocycles. The van der Waals surface area contributed by atoms with E-state index in [9.17, 15) is 4.79 Å².